The van der Waals surface area contributed by atoms with Crippen LogP contribution in [0.15, 0.2) is 16.6 Å². The number of halogens is 4. The van der Waals surface area contributed by atoms with E-state index in [1.54, 1.807) is 0 Å². The molecule has 0 aliphatic carbocycles. The summed E-state index contributed by atoms with van der Waals surface area (Å²) in [5.41, 5.74) is 4.74. The van der Waals surface area contributed by atoms with Gasteiger partial charge >= 0.3 is 6.18 Å². The molecule has 0 aliphatic rings. The Balaban J connectivity index is 3.36. The first-order valence-corrected chi connectivity index (χ1v) is 4.42. The number of aliphatic hydroxyl groups excluding tert-OH is 1. The summed E-state index contributed by atoms with van der Waals surface area (Å²) >= 11 is 2.77. The van der Waals surface area contributed by atoms with Gasteiger partial charge in [-0.2, -0.15) is 13.2 Å². The molecule has 0 spiro atoms. The van der Waals surface area contributed by atoms with Crippen molar-refractivity contribution in [1.82, 2.24) is 0 Å². The molecule has 0 amide bonds. The van der Waals surface area contributed by atoms with Gasteiger partial charge < -0.3 is 10.8 Å². The number of hydrogen-bond donors (Lipinski definition) is 2. The molecule has 0 fully saturated rings. The molecule has 1 aromatic rings. The van der Waals surface area contributed by atoms with Crippen LogP contribution in [0.5, 0.6) is 0 Å². The third-order valence-corrected chi connectivity index (χ3v) is 2.65. The highest BCUT2D eigenvalue weighted by Crippen LogP contribution is 2.38. The lowest BCUT2D eigenvalue weighted by Gasteiger charge is -2.13. The van der Waals surface area contributed by atoms with Crippen molar-refractivity contribution >= 4 is 21.6 Å². The van der Waals surface area contributed by atoms with Gasteiger partial charge in [-0.05, 0) is 28.1 Å². The van der Waals surface area contributed by atoms with Gasteiger partial charge in [-0.25, -0.2) is 0 Å². The quantitative estimate of drug-likeness (QED) is 0.770. The normalized spacial score (nSPS) is 11.8. The monoisotopic (exact) mass is 269 g/mol. The van der Waals surface area contributed by atoms with Crippen molar-refractivity contribution in [3.05, 3.63) is 27.7 Å². The lowest BCUT2D eigenvalue weighted by molar-refractivity contribution is -0.138. The predicted molar refractivity (Wildman–Crippen MR) is 49.5 cm³/mol. The molecule has 0 unspecified atom stereocenters. The molecular weight excluding hydrogens is 263 g/mol. The van der Waals surface area contributed by atoms with Crippen LogP contribution >= 0.6 is 15.9 Å². The molecule has 0 atom stereocenters. The molecule has 78 valence electrons. The fourth-order valence-electron chi connectivity index (χ4n) is 1.02. The maximum absolute atomic E-state index is 12.3. The van der Waals surface area contributed by atoms with E-state index in [-0.39, 0.29) is 15.7 Å². The summed E-state index contributed by atoms with van der Waals surface area (Å²) < 4.78 is 36.8. The molecule has 0 saturated heterocycles. The molecule has 0 saturated carbocycles. The van der Waals surface area contributed by atoms with Gasteiger partial charge in [0, 0.05) is 15.7 Å². The van der Waals surface area contributed by atoms with Crippen molar-refractivity contribution in [2.24, 2.45) is 0 Å². The van der Waals surface area contributed by atoms with Gasteiger partial charge in [-0.15, -0.1) is 0 Å². The Morgan fingerprint density at radius 1 is 1.36 bits per heavy atom. The number of aliphatic hydroxyl groups is 1. The van der Waals surface area contributed by atoms with Crippen molar-refractivity contribution < 1.29 is 18.3 Å². The number of benzene rings is 1. The highest BCUT2D eigenvalue weighted by atomic mass is 79.9. The third-order valence-electron chi connectivity index (χ3n) is 1.74. The van der Waals surface area contributed by atoms with Crippen LogP contribution < -0.4 is 5.73 Å². The van der Waals surface area contributed by atoms with Gasteiger partial charge in [0.25, 0.3) is 0 Å². The topological polar surface area (TPSA) is 46.2 Å². The minimum atomic E-state index is -4.45. The zero-order valence-electron chi connectivity index (χ0n) is 6.90. The van der Waals surface area contributed by atoms with Crippen LogP contribution in [-0.2, 0) is 12.8 Å². The average Bonchev–Trinajstić information content (AvgIpc) is 2.02. The van der Waals surface area contributed by atoms with E-state index in [4.69, 9.17) is 10.8 Å². The first-order valence-electron chi connectivity index (χ1n) is 3.63. The Morgan fingerprint density at radius 3 is 2.36 bits per heavy atom. The Morgan fingerprint density at radius 2 is 1.93 bits per heavy atom. The van der Waals surface area contributed by atoms with Crippen molar-refractivity contribution in [3.63, 3.8) is 0 Å². The van der Waals surface area contributed by atoms with E-state index < -0.39 is 18.3 Å². The second kappa shape index (κ2) is 3.78. The fourth-order valence-corrected chi connectivity index (χ4v) is 1.73. The molecule has 6 heteroatoms. The smallest absolute Gasteiger partial charge is 0.398 e. The van der Waals surface area contributed by atoms with Gasteiger partial charge in [0.15, 0.2) is 0 Å². The van der Waals surface area contributed by atoms with Gasteiger partial charge in [0.1, 0.15) is 0 Å². The van der Waals surface area contributed by atoms with Crippen LogP contribution in [0.3, 0.4) is 0 Å². The maximum Gasteiger partial charge on any atom is 0.417 e. The van der Waals surface area contributed by atoms with Crippen LogP contribution in [-0.4, -0.2) is 5.11 Å². The molecular formula is C8H7BrF3NO. The van der Waals surface area contributed by atoms with Crippen LogP contribution in [0, 0.1) is 0 Å². The third kappa shape index (κ3) is 2.01. The molecule has 0 aliphatic heterocycles. The molecule has 2 nitrogen and oxygen atoms in total. The number of rotatable bonds is 1. The van der Waals surface area contributed by atoms with E-state index in [9.17, 15) is 13.2 Å². The standard InChI is InChI=1S/C8H7BrF3NO/c9-7-4(3-14)6(13)2-1-5(7)8(10,11)12/h1-2,14H,3,13H2. The van der Waals surface area contributed by atoms with Gasteiger partial charge in [0.2, 0.25) is 0 Å². The second-order valence-corrected chi connectivity index (χ2v) is 3.44. The molecule has 0 bridgehead atoms. The Hall–Kier alpha value is -0.750. The minimum Gasteiger partial charge on any atom is -0.398 e. The number of hydrogen-bond acceptors (Lipinski definition) is 2. The van der Waals surface area contributed by atoms with E-state index in [2.05, 4.69) is 15.9 Å². The molecule has 14 heavy (non-hydrogen) atoms. The van der Waals surface area contributed by atoms with E-state index in [1.165, 1.54) is 0 Å². The number of nitrogens with two attached hydrogens (primary N) is 1. The summed E-state index contributed by atoms with van der Waals surface area (Å²) in [6.07, 6.45) is -4.45. The lowest BCUT2D eigenvalue weighted by atomic mass is 10.1. The minimum absolute atomic E-state index is 0.0554. The summed E-state index contributed by atoms with van der Waals surface area (Å²) in [6.45, 7) is -0.531. The summed E-state index contributed by atoms with van der Waals surface area (Å²) in [5, 5.41) is 8.81. The van der Waals surface area contributed by atoms with Crippen LogP contribution in [0.4, 0.5) is 18.9 Å². The second-order valence-electron chi connectivity index (χ2n) is 2.65. The van der Waals surface area contributed by atoms with Gasteiger partial charge in [0.05, 0.1) is 12.2 Å². The molecule has 0 heterocycles. The van der Waals surface area contributed by atoms with Crippen molar-refractivity contribution in [1.29, 1.82) is 0 Å². The number of alkyl halides is 3. The van der Waals surface area contributed by atoms with Gasteiger partial charge in [-0.1, -0.05) is 0 Å². The average molecular weight is 270 g/mol. The highest BCUT2D eigenvalue weighted by Gasteiger charge is 2.33. The van der Waals surface area contributed by atoms with Crippen LogP contribution in [0.1, 0.15) is 11.1 Å². The molecule has 1 rings (SSSR count). The highest BCUT2D eigenvalue weighted by molar-refractivity contribution is 9.10. The van der Waals surface area contributed by atoms with Crippen LogP contribution in [0.25, 0.3) is 0 Å². The Labute approximate surface area is 86.7 Å². The fraction of sp³-hybridized carbons (Fsp3) is 0.250. The zero-order valence-corrected chi connectivity index (χ0v) is 8.48. The molecule has 0 aromatic heterocycles. The SMILES string of the molecule is Nc1ccc(C(F)(F)F)c(Br)c1CO. The van der Waals surface area contributed by atoms with E-state index in [0.29, 0.717) is 0 Å². The summed E-state index contributed by atoms with van der Waals surface area (Å²) in [7, 11) is 0. The molecule has 1 aromatic carbocycles. The first-order chi connectivity index (χ1) is 6.38. The maximum atomic E-state index is 12.3. The summed E-state index contributed by atoms with van der Waals surface area (Å²) in [6, 6.07) is 2.00. The molecule has 0 radical (unpaired) electrons. The zero-order chi connectivity index (χ0) is 10.9. The summed E-state index contributed by atoms with van der Waals surface area (Å²) in [4.78, 5) is 0. The lowest BCUT2D eigenvalue weighted by Crippen LogP contribution is -2.09. The Bertz CT molecular complexity index is 351. The Kier molecular flexibility index (Phi) is 3.06. The predicted octanol–water partition coefficient (Wildman–Crippen LogP) is 2.54. The van der Waals surface area contributed by atoms with Crippen molar-refractivity contribution in [3.8, 4) is 0 Å². The number of nitrogen functional groups attached to an aromatic ring is 1. The summed E-state index contributed by atoms with van der Waals surface area (Å²) in [5.74, 6) is 0. The largest absolute Gasteiger partial charge is 0.417 e. The molecule has 3 N–H and O–H groups in total. The van der Waals surface area contributed by atoms with Crippen molar-refractivity contribution in [2.45, 2.75) is 12.8 Å². The van der Waals surface area contributed by atoms with Crippen molar-refractivity contribution in [2.75, 3.05) is 5.73 Å². The van der Waals surface area contributed by atoms with E-state index in [0.717, 1.165) is 12.1 Å². The number of anilines is 1. The van der Waals surface area contributed by atoms with E-state index >= 15 is 0 Å². The van der Waals surface area contributed by atoms with Crippen LogP contribution in [0.2, 0.25) is 0 Å². The first kappa shape index (κ1) is 11.3. The van der Waals surface area contributed by atoms with Gasteiger partial charge in [-0.3, -0.25) is 0 Å². The van der Waals surface area contributed by atoms with E-state index in [1.807, 2.05) is 0 Å².